The van der Waals surface area contributed by atoms with Crippen LogP contribution in [-0.2, 0) is 22.6 Å². The van der Waals surface area contributed by atoms with Gasteiger partial charge >= 0.3 is 0 Å². The highest BCUT2D eigenvalue weighted by Gasteiger charge is 2.29. The van der Waals surface area contributed by atoms with E-state index in [1.54, 1.807) is 11.0 Å². The van der Waals surface area contributed by atoms with Crippen LogP contribution in [0, 0.1) is 6.92 Å². The number of aryl methyl sites for hydroxylation is 1. The third kappa shape index (κ3) is 8.45. The number of benzene rings is 3. The Labute approximate surface area is 213 Å². The molecule has 3 rings (SSSR count). The summed E-state index contributed by atoms with van der Waals surface area (Å²) in [6.07, 6.45) is 1.25. The molecule has 0 aliphatic carbocycles. The Balaban J connectivity index is 1.76. The molecular weight excluding hydrogens is 460 g/mol. The summed E-state index contributed by atoms with van der Waals surface area (Å²) in [6.45, 7) is 5.12. The van der Waals surface area contributed by atoms with Gasteiger partial charge in [-0.3, -0.25) is 9.59 Å². The largest absolute Gasteiger partial charge is 0.494 e. The normalized spacial score (nSPS) is 11.5. The Bertz CT molecular complexity index is 1090. The first-order valence-electron chi connectivity index (χ1n) is 12.0. The Morgan fingerprint density at radius 1 is 0.971 bits per heavy atom. The Hall–Kier alpha value is -3.31. The van der Waals surface area contributed by atoms with Crippen molar-refractivity contribution in [3.8, 4) is 5.75 Å². The molecule has 0 aromatic heterocycles. The minimum atomic E-state index is -0.637. The second-order valence-electron chi connectivity index (χ2n) is 8.52. The molecule has 35 heavy (non-hydrogen) atoms. The monoisotopic (exact) mass is 492 g/mol. The van der Waals surface area contributed by atoms with Gasteiger partial charge in [0.15, 0.2) is 0 Å². The van der Waals surface area contributed by atoms with E-state index in [9.17, 15) is 9.59 Å². The van der Waals surface area contributed by atoms with Crippen molar-refractivity contribution < 1.29 is 14.3 Å². The summed E-state index contributed by atoms with van der Waals surface area (Å²) in [4.78, 5) is 28.3. The molecule has 0 radical (unpaired) electrons. The van der Waals surface area contributed by atoms with Gasteiger partial charge in [0.1, 0.15) is 11.8 Å². The third-order valence-corrected chi connectivity index (χ3v) is 5.92. The quantitative estimate of drug-likeness (QED) is 0.335. The number of ether oxygens (including phenoxy) is 1. The van der Waals surface area contributed by atoms with E-state index in [-0.39, 0.29) is 18.2 Å². The number of likely N-dealkylation sites (N-methyl/N-ethyl adjacent to an activating group) is 1. The van der Waals surface area contributed by atoms with Gasteiger partial charge < -0.3 is 15.0 Å². The van der Waals surface area contributed by atoms with Crippen LogP contribution in [0.3, 0.4) is 0 Å². The second-order valence-corrected chi connectivity index (χ2v) is 8.95. The van der Waals surface area contributed by atoms with Crippen LogP contribution < -0.4 is 10.1 Å². The average Bonchev–Trinajstić information content (AvgIpc) is 2.86. The molecule has 184 valence electrons. The lowest BCUT2D eigenvalue weighted by atomic mass is 10.0. The summed E-state index contributed by atoms with van der Waals surface area (Å²) < 4.78 is 5.80. The van der Waals surface area contributed by atoms with Crippen molar-refractivity contribution in [3.63, 3.8) is 0 Å². The zero-order valence-corrected chi connectivity index (χ0v) is 21.1. The van der Waals surface area contributed by atoms with Crippen molar-refractivity contribution in [3.05, 3.63) is 101 Å². The number of nitrogens with one attached hydrogen (secondary N) is 1. The molecule has 0 bridgehead atoms. The van der Waals surface area contributed by atoms with Crippen LogP contribution in [0.2, 0.25) is 5.02 Å². The lowest BCUT2D eigenvalue weighted by molar-refractivity contribution is -0.141. The number of carbonyl (C=O) groups excluding carboxylic acids is 2. The molecular formula is C29H33ClN2O3. The highest BCUT2D eigenvalue weighted by molar-refractivity contribution is 6.30. The van der Waals surface area contributed by atoms with Gasteiger partial charge in [0, 0.05) is 31.0 Å². The fourth-order valence-corrected chi connectivity index (χ4v) is 4.08. The van der Waals surface area contributed by atoms with Crippen LogP contribution in [0.4, 0.5) is 0 Å². The van der Waals surface area contributed by atoms with Crippen LogP contribution in [0.5, 0.6) is 5.75 Å². The SMILES string of the molecule is CCNC(=O)[C@H](Cc1ccccc1)N(Cc1cccc(Cl)c1)C(=O)CCCOc1ccc(C)cc1. The van der Waals surface area contributed by atoms with E-state index < -0.39 is 6.04 Å². The fraction of sp³-hybridized carbons (Fsp3) is 0.310. The van der Waals surface area contributed by atoms with E-state index >= 15 is 0 Å². The number of rotatable bonds is 12. The molecule has 0 saturated carbocycles. The first kappa shape index (κ1) is 26.3. The van der Waals surface area contributed by atoms with Crippen LogP contribution in [-0.4, -0.2) is 35.9 Å². The zero-order valence-electron chi connectivity index (χ0n) is 20.4. The predicted octanol–water partition coefficient (Wildman–Crippen LogP) is 5.58. The first-order chi connectivity index (χ1) is 17.0. The van der Waals surface area contributed by atoms with E-state index in [1.807, 2.05) is 86.6 Å². The van der Waals surface area contributed by atoms with Crippen LogP contribution in [0.25, 0.3) is 0 Å². The Morgan fingerprint density at radius 2 is 1.69 bits per heavy atom. The molecule has 0 aliphatic heterocycles. The molecule has 1 atom stereocenters. The van der Waals surface area contributed by atoms with Gasteiger partial charge in [-0.15, -0.1) is 0 Å². The maximum atomic E-state index is 13.5. The number of carbonyl (C=O) groups is 2. The zero-order chi connectivity index (χ0) is 25.0. The molecule has 0 saturated heterocycles. The van der Waals surface area contributed by atoms with E-state index in [0.29, 0.717) is 37.6 Å². The maximum Gasteiger partial charge on any atom is 0.243 e. The van der Waals surface area contributed by atoms with Crippen molar-refractivity contribution in [2.45, 2.75) is 45.7 Å². The molecule has 2 amide bonds. The number of hydrogen-bond donors (Lipinski definition) is 1. The van der Waals surface area contributed by atoms with Gasteiger partial charge in [-0.05, 0) is 55.7 Å². The standard InChI is InChI=1S/C29H33ClN2O3/c1-3-31-29(34)27(20-23-9-5-4-6-10-23)32(21-24-11-7-12-25(30)19-24)28(33)13-8-18-35-26-16-14-22(2)15-17-26/h4-7,9-12,14-17,19,27H,3,8,13,18,20-21H2,1-2H3,(H,31,34)/t27-/m0/s1. The first-order valence-corrected chi connectivity index (χ1v) is 12.4. The molecule has 0 aliphatic rings. The van der Waals surface area contributed by atoms with E-state index in [4.69, 9.17) is 16.3 Å². The van der Waals surface area contributed by atoms with Crippen LogP contribution >= 0.6 is 11.6 Å². The maximum absolute atomic E-state index is 13.5. The van der Waals surface area contributed by atoms with Crippen molar-refractivity contribution >= 4 is 23.4 Å². The number of hydrogen-bond acceptors (Lipinski definition) is 3. The minimum absolute atomic E-state index is 0.0929. The van der Waals surface area contributed by atoms with Crippen molar-refractivity contribution in [1.29, 1.82) is 0 Å². The molecule has 3 aromatic rings. The van der Waals surface area contributed by atoms with Gasteiger partial charge in [0.25, 0.3) is 0 Å². The van der Waals surface area contributed by atoms with Gasteiger partial charge in [0.05, 0.1) is 6.61 Å². The summed E-state index contributed by atoms with van der Waals surface area (Å²) in [5.41, 5.74) is 3.04. The number of halogens is 1. The summed E-state index contributed by atoms with van der Waals surface area (Å²) in [5.74, 6) is 0.524. The Kier molecular flexibility index (Phi) is 10.2. The van der Waals surface area contributed by atoms with E-state index in [1.165, 1.54) is 5.56 Å². The molecule has 0 heterocycles. The van der Waals surface area contributed by atoms with E-state index in [2.05, 4.69) is 5.32 Å². The van der Waals surface area contributed by atoms with Gasteiger partial charge in [0.2, 0.25) is 11.8 Å². The van der Waals surface area contributed by atoms with Crippen molar-refractivity contribution in [2.24, 2.45) is 0 Å². The highest BCUT2D eigenvalue weighted by Crippen LogP contribution is 2.19. The molecule has 5 nitrogen and oxygen atoms in total. The lowest BCUT2D eigenvalue weighted by Gasteiger charge is -2.31. The summed E-state index contributed by atoms with van der Waals surface area (Å²) in [7, 11) is 0. The molecule has 0 spiro atoms. The van der Waals surface area contributed by atoms with Crippen LogP contribution in [0.15, 0.2) is 78.9 Å². The number of nitrogens with zero attached hydrogens (tertiary/aromatic N) is 1. The average molecular weight is 493 g/mol. The highest BCUT2D eigenvalue weighted by atomic mass is 35.5. The smallest absolute Gasteiger partial charge is 0.243 e. The topological polar surface area (TPSA) is 58.6 Å². The molecule has 1 N–H and O–H groups in total. The number of amides is 2. The molecule has 3 aromatic carbocycles. The van der Waals surface area contributed by atoms with E-state index in [0.717, 1.165) is 16.9 Å². The Morgan fingerprint density at radius 3 is 2.37 bits per heavy atom. The fourth-order valence-electron chi connectivity index (χ4n) is 3.87. The summed E-state index contributed by atoms with van der Waals surface area (Å²) >= 11 is 6.20. The summed E-state index contributed by atoms with van der Waals surface area (Å²) in [6, 6.07) is 24.4. The molecule has 6 heteroatoms. The predicted molar refractivity (Wildman–Crippen MR) is 141 cm³/mol. The molecule has 0 unspecified atom stereocenters. The molecule has 0 fully saturated rings. The minimum Gasteiger partial charge on any atom is -0.494 e. The lowest BCUT2D eigenvalue weighted by Crippen LogP contribution is -2.50. The van der Waals surface area contributed by atoms with Gasteiger partial charge in [-0.25, -0.2) is 0 Å². The third-order valence-electron chi connectivity index (χ3n) is 5.69. The van der Waals surface area contributed by atoms with Gasteiger partial charge in [-0.1, -0.05) is 71.8 Å². The van der Waals surface area contributed by atoms with Crippen molar-refractivity contribution in [2.75, 3.05) is 13.2 Å². The van der Waals surface area contributed by atoms with Gasteiger partial charge in [-0.2, -0.15) is 0 Å². The summed E-state index contributed by atoms with van der Waals surface area (Å²) in [5, 5.41) is 3.50. The van der Waals surface area contributed by atoms with Crippen molar-refractivity contribution in [1.82, 2.24) is 10.2 Å². The van der Waals surface area contributed by atoms with Crippen LogP contribution in [0.1, 0.15) is 36.5 Å². The second kappa shape index (κ2) is 13.5.